The minimum atomic E-state index is 0.118. The van der Waals surface area contributed by atoms with Gasteiger partial charge in [-0.2, -0.15) is 0 Å². The molecule has 0 atom stereocenters. The average Bonchev–Trinajstić information content (AvgIpc) is 3.04. The van der Waals surface area contributed by atoms with Gasteiger partial charge in [0, 0.05) is 17.3 Å². The van der Waals surface area contributed by atoms with Gasteiger partial charge in [-0.05, 0) is 75.6 Å². The van der Waals surface area contributed by atoms with Crippen molar-refractivity contribution in [1.82, 2.24) is 9.30 Å². The molecular weight excluding hydrogens is 332 g/mol. The summed E-state index contributed by atoms with van der Waals surface area (Å²) in [4.78, 5) is 15.5. The Morgan fingerprint density at radius 1 is 1.00 bits per heavy atom. The van der Waals surface area contributed by atoms with E-state index in [4.69, 9.17) is 0 Å². The number of ketones is 1. The molecule has 2 aromatic heterocycles. The topological polar surface area (TPSA) is 24.7 Å². The van der Waals surface area contributed by atoms with E-state index in [1.165, 1.54) is 5.56 Å². The molecular formula is C24H30N2O. The van der Waals surface area contributed by atoms with E-state index >= 15 is 0 Å². The first-order chi connectivity index (χ1) is 13.1. The van der Waals surface area contributed by atoms with Crippen LogP contribution in [0.25, 0.3) is 5.52 Å². The third-order valence-corrected chi connectivity index (χ3v) is 5.06. The average molecular weight is 363 g/mol. The number of pyridine rings is 1. The fraction of sp³-hybridized carbons (Fsp3) is 0.375. The fourth-order valence-corrected chi connectivity index (χ4v) is 3.55. The third-order valence-electron chi connectivity index (χ3n) is 5.06. The van der Waals surface area contributed by atoms with Crippen molar-refractivity contribution < 1.29 is 4.79 Å². The second-order valence-corrected chi connectivity index (χ2v) is 7.55. The first-order valence-corrected chi connectivity index (χ1v) is 9.97. The van der Waals surface area contributed by atoms with Gasteiger partial charge in [-0.1, -0.05) is 43.7 Å². The summed E-state index contributed by atoms with van der Waals surface area (Å²) in [6.07, 6.45) is 7.34. The molecule has 142 valence electrons. The predicted molar refractivity (Wildman–Crippen MR) is 113 cm³/mol. The van der Waals surface area contributed by atoms with E-state index < -0.39 is 0 Å². The Kier molecular flexibility index (Phi) is 6.46. The van der Waals surface area contributed by atoms with Gasteiger partial charge < -0.3 is 9.30 Å². The lowest BCUT2D eigenvalue weighted by molar-refractivity contribution is 0.103. The second-order valence-electron chi connectivity index (χ2n) is 7.55. The summed E-state index contributed by atoms with van der Waals surface area (Å²) in [6, 6.07) is 16.4. The Balaban J connectivity index is 1.84. The molecule has 0 N–H and O–H groups in total. The molecule has 3 rings (SSSR count). The minimum Gasteiger partial charge on any atom is -0.313 e. The number of fused-ring (bicyclic) bond motifs is 1. The summed E-state index contributed by atoms with van der Waals surface area (Å²) in [7, 11) is 4.19. The summed E-state index contributed by atoms with van der Waals surface area (Å²) in [5.41, 5.74) is 5.13. The smallest absolute Gasteiger partial charge is 0.210 e. The van der Waals surface area contributed by atoms with E-state index in [1.807, 2.05) is 34.9 Å². The van der Waals surface area contributed by atoms with Gasteiger partial charge in [0.2, 0.25) is 5.78 Å². The van der Waals surface area contributed by atoms with Crippen molar-refractivity contribution in [2.75, 3.05) is 20.6 Å². The lowest BCUT2D eigenvalue weighted by Crippen LogP contribution is -2.13. The molecule has 0 unspecified atom stereocenters. The quantitative estimate of drug-likeness (QED) is 0.500. The van der Waals surface area contributed by atoms with Crippen LogP contribution in [0.4, 0.5) is 0 Å². The van der Waals surface area contributed by atoms with Crippen molar-refractivity contribution >= 4 is 11.3 Å². The number of carbonyl (C=O) groups excluding carboxylic acids is 1. The predicted octanol–water partition coefficient (Wildman–Crippen LogP) is 5.01. The van der Waals surface area contributed by atoms with Crippen molar-refractivity contribution in [3.05, 3.63) is 77.1 Å². The zero-order chi connectivity index (χ0) is 19.2. The van der Waals surface area contributed by atoms with Crippen LogP contribution in [0.15, 0.2) is 54.7 Å². The molecule has 0 aliphatic carbocycles. The van der Waals surface area contributed by atoms with Crippen LogP contribution in [0.3, 0.4) is 0 Å². The summed E-state index contributed by atoms with van der Waals surface area (Å²) in [5, 5.41) is 0. The fourth-order valence-electron chi connectivity index (χ4n) is 3.55. The minimum absolute atomic E-state index is 0.118. The Labute approximate surface area is 162 Å². The number of unbranched alkanes of at least 4 members (excludes halogenated alkanes) is 1. The van der Waals surface area contributed by atoms with Crippen molar-refractivity contribution in [1.29, 1.82) is 0 Å². The first-order valence-electron chi connectivity index (χ1n) is 9.97. The van der Waals surface area contributed by atoms with E-state index in [0.29, 0.717) is 0 Å². The van der Waals surface area contributed by atoms with Gasteiger partial charge in [-0.25, -0.2) is 0 Å². The molecule has 3 aromatic rings. The first kappa shape index (κ1) is 19.4. The van der Waals surface area contributed by atoms with Gasteiger partial charge in [-0.15, -0.1) is 0 Å². The molecule has 0 aliphatic heterocycles. The number of aromatic nitrogens is 1. The highest BCUT2D eigenvalue weighted by Gasteiger charge is 2.18. The highest BCUT2D eigenvalue weighted by Crippen LogP contribution is 2.22. The van der Waals surface area contributed by atoms with Crippen molar-refractivity contribution in [3.8, 4) is 0 Å². The van der Waals surface area contributed by atoms with Crippen molar-refractivity contribution in [3.63, 3.8) is 0 Å². The summed E-state index contributed by atoms with van der Waals surface area (Å²) < 4.78 is 2.04. The molecule has 0 saturated carbocycles. The highest BCUT2D eigenvalue weighted by atomic mass is 16.1. The van der Waals surface area contributed by atoms with E-state index in [1.54, 1.807) is 0 Å². The SMILES string of the molecule is CCCCc1cc2ccccn2c1C(=O)c1ccc(CCCN(C)C)cc1. The number of nitrogens with zero attached hydrogens (tertiary/aromatic N) is 2. The van der Waals surface area contributed by atoms with E-state index in [2.05, 4.69) is 50.2 Å². The molecule has 0 saturated heterocycles. The Hall–Kier alpha value is -2.39. The lowest BCUT2D eigenvalue weighted by atomic mass is 10.00. The van der Waals surface area contributed by atoms with E-state index in [-0.39, 0.29) is 5.78 Å². The maximum Gasteiger partial charge on any atom is 0.210 e. The largest absolute Gasteiger partial charge is 0.313 e. The Morgan fingerprint density at radius 2 is 1.78 bits per heavy atom. The van der Waals surface area contributed by atoms with E-state index in [9.17, 15) is 4.79 Å². The van der Waals surface area contributed by atoms with Crippen molar-refractivity contribution in [2.24, 2.45) is 0 Å². The van der Waals surface area contributed by atoms with Crippen LogP contribution >= 0.6 is 0 Å². The molecule has 27 heavy (non-hydrogen) atoms. The van der Waals surface area contributed by atoms with Crippen LogP contribution in [0.1, 0.15) is 53.4 Å². The number of carbonyl (C=O) groups is 1. The molecule has 3 heteroatoms. The molecule has 0 bridgehead atoms. The number of benzene rings is 1. The maximum atomic E-state index is 13.3. The van der Waals surface area contributed by atoms with Crippen molar-refractivity contribution in [2.45, 2.75) is 39.0 Å². The van der Waals surface area contributed by atoms with Crippen LogP contribution in [0.2, 0.25) is 0 Å². The molecule has 0 radical (unpaired) electrons. The van der Waals surface area contributed by atoms with Gasteiger partial charge in [0.25, 0.3) is 0 Å². The standard InChI is InChI=1S/C24H30N2O/c1-4-5-10-21-18-22-11-6-7-17-26(22)23(21)24(27)20-14-12-19(13-15-20)9-8-16-25(2)3/h6-7,11-15,17-18H,4-5,8-10,16H2,1-3H3. The molecule has 0 spiro atoms. The van der Waals surface area contributed by atoms with Gasteiger partial charge in [0.15, 0.2) is 0 Å². The van der Waals surface area contributed by atoms with Crippen LogP contribution in [-0.2, 0) is 12.8 Å². The molecule has 0 amide bonds. The Morgan fingerprint density at radius 3 is 2.48 bits per heavy atom. The normalized spacial score (nSPS) is 11.4. The number of hydrogen-bond acceptors (Lipinski definition) is 2. The summed E-state index contributed by atoms with van der Waals surface area (Å²) in [5.74, 6) is 0.118. The number of aryl methyl sites for hydroxylation is 2. The van der Waals surface area contributed by atoms with Crippen LogP contribution in [0, 0.1) is 0 Å². The maximum absolute atomic E-state index is 13.3. The molecule has 2 heterocycles. The zero-order valence-electron chi connectivity index (χ0n) is 16.7. The van der Waals surface area contributed by atoms with Gasteiger partial charge in [0.1, 0.15) is 0 Å². The van der Waals surface area contributed by atoms with E-state index in [0.717, 1.165) is 61.0 Å². The Bertz CT molecular complexity index is 890. The van der Waals surface area contributed by atoms with Gasteiger partial charge in [-0.3, -0.25) is 4.79 Å². The second kappa shape index (κ2) is 9.01. The summed E-state index contributed by atoms with van der Waals surface area (Å²) in [6.45, 7) is 3.27. The third kappa shape index (κ3) is 4.67. The van der Waals surface area contributed by atoms with Crippen LogP contribution < -0.4 is 0 Å². The number of hydrogen-bond donors (Lipinski definition) is 0. The molecule has 0 aliphatic rings. The highest BCUT2D eigenvalue weighted by molar-refractivity contribution is 6.09. The lowest BCUT2D eigenvalue weighted by Gasteiger charge is -2.10. The zero-order valence-corrected chi connectivity index (χ0v) is 16.7. The van der Waals surface area contributed by atoms with Gasteiger partial charge in [0.05, 0.1) is 5.69 Å². The molecule has 0 fully saturated rings. The molecule has 3 nitrogen and oxygen atoms in total. The number of rotatable bonds is 9. The molecule has 1 aromatic carbocycles. The van der Waals surface area contributed by atoms with Crippen LogP contribution in [-0.4, -0.2) is 35.7 Å². The monoisotopic (exact) mass is 362 g/mol. The van der Waals surface area contributed by atoms with Gasteiger partial charge >= 0.3 is 0 Å². The summed E-state index contributed by atoms with van der Waals surface area (Å²) >= 11 is 0. The van der Waals surface area contributed by atoms with Crippen LogP contribution in [0.5, 0.6) is 0 Å².